The maximum atomic E-state index is 12.7. The van der Waals surface area contributed by atoms with E-state index < -0.39 is 11.4 Å². The lowest BCUT2D eigenvalue weighted by Gasteiger charge is -2.39. The maximum absolute atomic E-state index is 12.7. The summed E-state index contributed by atoms with van der Waals surface area (Å²) in [6.45, 7) is 5.73. The van der Waals surface area contributed by atoms with Crippen molar-refractivity contribution in [3.05, 3.63) is 52.2 Å². The zero-order valence-corrected chi connectivity index (χ0v) is 19.8. The van der Waals surface area contributed by atoms with Gasteiger partial charge in [0.1, 0.15) is 17.7 Å². The van der Waals surface area contributed by atoms with Gasteiger partial charge in [0.15, 0.2) is 11.5 Å². The molecule has 1 aliphatic rings. The van der Waals surface area contributed by atoms with Crippen molar-refractivity contribution >= 4 is 46.1 Å². The Kier molecular flexibility index (Phi) is 5.76. The normalized spacial score (nSPS) is 13.7. The molecule has 1 amide bonds. The summed E-state index contributed by atoms with van der Waals surface area (Å²) in [4.78, 5) is 47.6. The Morgan fingerprint density at radius 2 is 2.09 bits per heavy atom. The van der Waals surface area contributed by atoms with Gasteiger partial charge in [0.25, 0.3) is 0 Å². The lowest BCUT2D eigenvalue weighted by Crippen LogP contribution is -2.52. The molecule has 0 aliphatic carbocycles. The first kappa shape index (κ1) is 22.7. The first-order chi connectivity index (χ1) is 16.9. The van der Waals surface area contributed by atoms with E-state index in [1.54, 1.807) is 12.1 Å². The van der Waals surface area contributed by atoms with Crippen LogP contribution in [0.5, 0.6) is 0 Å². The van der Waals surface area contributed by atoms with E-state index in [0.717, 1.165) is 30.2 Å². The average molecular weight is 495 g/mol. The number of amides is 1. The number of anilines is 2. The fraction of sp³-hybridized carbons (Fsp3) is 0.318. The molecule has 5 rings (SSSR count). The summed E-state index contributed by atoms with van der Waals surface area (Å²) >= 11 is 1.05. The summed E-state index contributed by atoms with van der Waals surface area (Å²) in [6.07, 6.45) is 3.52. The van der Waals surface area contributed by atoms with Crippen LogP contribution in [0.25, 0.3) is 16.2 Å². The zero-order chi connectivity index (χ0) is 24.7. The number of fused-ring (bicyclic) bond motifs is 1. The summed E-state index contributed by atoms with van der Waals surface area (Å²) in [5.41, 5.74) is 0.273. The second kappa shape index (κ2) is 8.91. The number of carbonyl (C=O) groups excluding carboxylic acids is 1. The molecule has 0 saturated carbocycles. The molecule has 4 aromatic rings. The Bertz CT molecular complexity index is 1490. The lowest BCUT2D eigenvalue weighted by molar-refractivity contribution is -0.120. The van der Waals surface area contributed by atoms with Gasteiger partial charge in [-0.05, 0) is 25.5 Å². The van der Waals surface area contributed by atoms with Gasteiger partial charge in [-0.25, -0.2) is 14.8 Å². The third kappa shape index (κ3) is 4.14. The fourth-order valence-corrected chi connectivity index (χ4v) is 4.52. The molecular formula is C22H22N8O4S. The minimum absolute atomic E-state index is 0.111. The smallest absolute Gasteiger partial charge is 0.341 e. The number of hydrogen-bond donors (Lipinski definition) is 2. The highest BCUT2D eigenvalue weighted by Crippen LogP contribution is 2.27. The minimum atomic E-state index is -1.33. The summed E-state index contributed by atoms with van der Waals surface area (Å²) in [5.74, 6) is -0.557. The van der Waals surface area contributed by atoms with E-state index in [0.29, 0.717) is 29.9 Å². The molecule has 35 heavy (non-hydrogen) atoms. The Hall–Kier alpha value is -4.13. The molecule has 0 bridgehead atoms. The van der Waals surface area contributed by atoms with Crippen LogP contribution in [-0.4, -0.2) is 58.8 Å². The molecule has 1 saturated heterocycles. The highest BCUT2D eigenvalue weighted by molar-refractivity contribution is 7.08. The topological polar surface area (TPSA) is 148 Å². The van der Waals surface area contributed by atoms with Gasteiger partial charge in [0.05, 0.1) is 11.3 Å². The van der Waals surface area contributed by atoms with Crippen molar-refractivity contribution < 1.29 is 14.7 Å². The van der Waals surface area contributed by atoms with Gasteiger partial charge >= 0.3 is 5.97 Å². The van der Waals surface area contributed by atoms with E-state index in [4.69, 9.17) is 0 Å². The van der Waals surface area contributed by atoms with E-state index in [-0.39, 0.29) is 28.4 Å². The molecule has 2 N–H and O–H groups in total. The Balaban J connectivity index is 1.37. The monoisotopic (exact) mass is 494 g/mol. The molecular weight excluding hydrogens is 472 g/mol. The van der Waals surface area contributed by atoms with E-state index >= 15 is 0 Å². The lowest BCUT2D eigenvalue weighted by atomic mass is 9.99. The maximum Gasteiger partial charge on any atom is 0.341 e. The van der Waals surface area contributed by atoms with Crippen molar-refractivity contribution in [2.24, 2.45) is 5.92 Å². The molecule has 5 heterocycles. The number of hydrogen-bond acceptors (Lipinski definition) is 9. The predicted octanol–water partition coefficient (Wildman–Crippen LogP) is 1.93. The SMILES string of the molecule is CCCn1nc(NC(=O)C2CN(c3ccc4c(=O)c(C(=O)O)cn(-c5ncns5)c4n3)C2)cc1C. The zero-order valence-electron chi connectivity index (χ0n) is 19.0. The molecule has 180 valence electrons. The van der Waals surface area contributed by atoms with Crippen molar-refractivity contribution in [3.8, 4) is 5.13 Å². The summed E-state index contributed by atoms with van der Waals surface area (Å²) < 4.78 is 7.29. The average Bonchev–Trinajstić information content (AvgIpc) is 3.43. The molecule has 1 fully saturated rings. The van der Waals surface area contributed by atoms with Crippen LogP contribution < -0.4 is 15.6 Å². The molecule has 0 atom stereocenters. The number of aromatic carboxylic acids is 1. The van der Waals surface area contributed by atoms with Crippen molar-refractivity contribution in [2.75, 3.05) is 23.3 Å². The van der Waals surface area contributed by atoms with Crippen LogP contribution in [0.2, 0.25) is 0 Å². The number of nitrogens with one attached hydrogen (secondary N) is 1. The van der Waals surface area contributed by atoms with Gasteiger partial charge in [-0.3, -0.25) is 18.8 Å². The molecule has 4 aromatic heterocycles. The largest absolute Gasteiger partial charge is 0.477 e. The summed E-state index contributed by atoms with van der Waals surface area (Å²) in [5, 5.41) is 17.3. The first-order valence-electron chi connectivity index (χ1n) is 11.0. The van der Waals surface area contributed by atoms with Crippen molar-refractivity contribution in [2.45, 2.75) is 26.8 Å². The molecule has 13 heteroatoms. The van der Waals surface area contributed by atoms with Crippen LogP contribution >= 0.6 is 11.5 Å². The van der Waals surface area contributed by atoms with Crippen molar-refractivity contribution in [1.82, 2.24) is 28.7 Å². The van der Waals surface area contributed by atoms with Crippen LogP contribution in [0.4, 0.5) is 11.6 Å². The Morgan fingerprint density at radius 3 is 2.77 bits per heavy atom. The van der Waals surface area contributed by atoms with E-state index in [1.165, 1.54) is 17.1 Å². The number of nitrogens with zero attached hydrogens (tertiary/aromatic N) is 7. The number of carboxylic acids is 1. The van der Waals surface area contributed by atoms with Crippen molar-refractivity contribution in [1.29, 1.82) is 0 Å². The molecule has 0 spiro atoms. The van der Waals surface area contributed by atoms with Gasteiger partial charge < -0.3 is 15.3 Å². The third-order valence-electron chi connectivity index (χ3n) is 5.87. The molecule has 12 nitrogen and oxygen atoms in total. The van der Waals surface area contributed by atoms with Crippen LogP contribution in [0.3, 0.4) is 0 Å². The second-order valence-corrected chi connectivity index (χ2v) is 9.06. The standard InChI is InChI=1S/C22H22N8O4S/c1-3-6-30-12(2)7-16(27-30)25-20(32)13-8-28(9-13)17-5-4-14-18(31)15(21(33)34)10-29(19(14)26-17)22-23-11-24-35-22/h4-5,7,10-11,13H,3,6,8-9H2,1-2H3,(H,33,34)(H,25,27,32). The van der Waals surface area contributed by atoms with E-state index in [2.05, 4.69) is 31.7 Å². The van der Waals surface area contributed by atoms with Crippen LogP contribution in [0, 0.1) is 12.8 Å². The first-order valence-corrected chi connectivity index (χ1v) is 11.8. The van der Waals surface area contributed by atoms with Gasteiger partial charge in [0, 0.05) is 49.1 Å². The molecule has 0 radical (unpaired) electrons. The molecule has 0 aromatic carbocycles. The highest BCUT2D eigenvalue weighted by Gasteiger charge is 2.34. The number of carbonyl (C=O) groups is 2. The van der Waals surface area contributed by atoms with Crippen LogP contribution in [0.15, 0.2) is 35.5 Å². The Labute approximate surface area is 203 Å². The van der Waals surface area contributed by atoms with E-state index in [9.17, 15) is 19.5 Å². The third-order valence-corrected chi connectivity index (χ3v) is 6.53. The van der Waals surface area contributed by atoms with Crippen LogP contribution in [0.1, 0.15) is 29.4 Å². The molecule has 1 aliphatic heterocycles. The minimum Gasteiger partial charge on any atom is -0.477 e. The van der Waals surface area contributed by atoms with Gasteiger partial charge in [-0.2, -0.15) is 9.47 Å². The predicted molar refractivity (Wildman–Crippen MR) is 129 cm³/mol. The number of rotatable bonds is 7. The van der Waals surface area contributed by atoms with Gasteiger partial charge in [-0.1, -0.05) is 6.92 Å². The van der Waals surface area contributed by atoms with E-state index in [1.807, 2.05) is 22.6 Å². The van der Waals surface area contributed by atoms with Gasteiger partial charge in [0.2, 0.25) is 16.5 Å². The number of carboxylic acid groups (broad SMARTS) is 1. The highest BCUT2D eigenvalue weighted by atomic mass is 32.1. The summed E-state index contributed by atoms with van der Waals surface area (Å²) in [7, 11) is 0. The number of aryl methyl sites for hydroxylation is 2. The Morgan fingerprint density at radius 1 is 1.29 bits per heavy atom. The number of pyridine rings is 2. The molecule has 0 unspecified atom stereocenters. The summed E-state index contributed by atoms with van der Waals surface area (Å²) in [6, 6.07) is 5.07. The quantitative estimate of drug-likeness (QED) is 0.393. The number of aromatic nitrogens is 6. The second-order valence-electron chi connectivity index (χ2n) is 8.30. The van der Waals surface area contributed by atoms with Crippen molar-refractivity contribution in [3.63, 3.8) is 0 Å². The fourth-order valence-electron chi connectivity index (χ4n) is 4.01. The van der Waals surface area contributed by atoms with Crippen LogP contribution in [-0.2, 0) is 11.3 Å². The van der Waals surface area contributed by atoms with Gasteiger partial charge in [-0.15, -0.1) is 0 Å².